The molecule has 3 rings (SSSR count). The largest absolute Gasteiger partial charge is 0.508 e. The fourth-order valence-electron chi connectivity index (χ4n) is 5.01. The minimum absolute atomic E-state index is 0.0190. The number of aryl methyl sites for hydroxylation is 2. The first-order chi connectivity index (χ1) is 27.1. The number of rotatable bonds is 18. The van der Waals surface area contributed by atoms with Gasteiger partial charge in [0.15, 0.2) is 11.8 Å². The third-order valence-corrected chi connectivity index (χ3v) is 7.29. The summed E-state index contributed by atoms with van der Waals surface area (Å²) in [5, 5.41) is 31.5. The number of hydrogen-bond donors (Lipinski definition) is 8. The van der Waals surface area contributed by atoms with Crippen LogP contribution in [0.5, 0.6) is 5.75 Å². The fourth-order valence-corrected chi connectivity index (χ4v) is 5.01. The molecule has 3 amide bonds. The molecular weight excluding hydrogens is 654 g/mol. The van der Waals surface area contributed by atoms with E-state index in [0.717, 1.165) is 0 Å². The molecule has 0 aliphatic rings. The molecule has 1 aromatic heterocycles. The molecule has 15 nitrogen and oxygen atoms in total. The first-order valence-corrected chi connectivity index (χ1v) is 16.2. The summed E-state index contributed by atoms with van der Waals surface area (Å²) in [5.74, 6) is -3.21. The summed E-state index contributed by atoms with van der Waals surface area (Å²) < 4.78 is 78.3. The fraction of sp³-hybridized carbons (Fsp3) is 0.500. The number of hydrogen-bond acceptors (Lipinski definition) is 10. The van der Waals surface area contributed by atoms with Crippen molar-refractivity contribution in [2.24, 2.45) is 11.5 Å². The van der Waals surface area contributed by atoms with E-state index in [0.29, 0.717) is 22.3 Å². The molecular formula is C36H53N9O6. The normalized spacial score (nSPS) is 16.5. The van der Waals surface area contributed by atoms with Crippen molar-refractivity contribution >= 4 is 23.9 Å². The number of guanidine groups is 1. The van der Waals surface area contributed by atoms with Gasteiger partial charge in [-0.2, -0.15) is 4.98 Å². The number of amides is 3. The van der Waals surface area contributed by atoms with Crippen LogP contribution in [0, 0.1) is 19.3 Å². The van der Waals surface area contributed by atoms with Crippen LogP contribution in [0.3, 0.4) is 0 Å². The standard InChI is InChI=1S/C36H53N9O6/c1-22-18-25(46)19-23(2)26(22)21-29(42-31(47)27(15-11-17-40-34(38)39)43-35(49)50-36(3,4)5)32(48)41-28(14-9-10-16-37)33-44-30(45-51-33)20-24-12-7-6-8-13-24/h6-8,12-13,18-19,27-29,46H,9-11,14-17,20-21,37H2,1-5H3,(H,41,48)(H,42,47)(H,43,49)(H4,38,39,40)/t27-,28+,29+/m1/s1/i9D2,10D2,14D2,16D2. The van der Waals surface area contributed by atoms with Crippen LogP contribution < -0.4 is 32.7 Å². The predicted molar refractivity (Wildman–Crippen MR) is 193 cm³/mol. The van der Waals surface area contributed by atoms with Crippen molar-refractivity contribution in [1.29, 1.82) is 5.41 Å². The van der Waals surface area contributed by atoms with Crippen LogP contribution in [-0.4, -0.2) is 69.8 Å². The molecule has 51 heavy (non-hydrogen) atoms. The Balaban J connectivity index is 2.14. The molecule has 15 heteroatoms. The average molecular weight is 716 g/mol. The number of phenolic OH excluding ortho intramolecular Hbond substituents is 1. The Hall–Kier alpha value is -5.18. The van der Waals surface area contributed by atoms with Gasteiger partial charge >= 0.3 is 6.09 Å². The van der Waals surface area contributed by atoms with Crippen LogP contribution >= 0.6 is 0 Å². The summed E-state index contributed by atoms with van der Waals surface area (Å²) in [6, 6.07) is 6.28. The average Bonchev–Trinajstić information content (AvgIpc) is 3.55. The van der Waals surface area contributed by atoms with Gasteiger partial charge in [-0.3, -0.25) is 15.0 Å². The van der Waals surface area contributed by atoms with Crippen molar-refractivity contribution in [2.75, 3.05) is 13.0 Å². The van der Waals surface area contributed by atoms with E-state index < -0.39 is 73.1 Å². The lowest BCUT2D eigenvalue weighted by Gasteiger charge is -2.27. The summed E-state index contributed by atoms with van der Waals surface area (Å²) in [7, 11) is 0. The van der Waals surface area contributed by atoms with E-state index in [1.165, 1.54) is 12.1 Å². The second kappa shape index (κ2) is 19.3. The van der Waals surface area contributed by atoms with Gasteiger partial charge in [-0.1, -0.05) is 35.5 Å². The molecule has 10 N–H and O–H groups in total. The van der Waals surface area contributed by atoms with Crippen molar-refractivity contribution in [1.82, 2.24) is 31.4 Å². The van der Waals surface area contributed by atoms with Gasteiger partial charge in [-0.05, 0) is 107 Å². The number of carbonyl (C=O) groups excluding carboxylic acids is 3. The van der Waals surface area contributed by atoms with Crippen LogP contribution in [0.4, 0.5) is 4.79 Å². The van der Waals surface area contributed by atoms with E-state index in [2.05, 4.69) is 31.4 Å². The smallest absolute Gasteiger partial charge is 0.408 e. The summed E-state index contributed by atoms with van der Waals surface area (Å²) >= 11 is 0. The summed E-state index contributed by atoms with van der Waals surface area (Å²) in [4.78, 5) is 45.7. The van der Waals surface area contributed by atoms with Crippen LogP contribution in [0.1, 0.15) is 104 Å². The summed E-state index contributed by atoms with van der Waals surface area (Å²) in [6.45, 7) is 4.80. The Morgan fingerprint density at radius 1 is 1.04 bits per heavy atom. The van der Waals surface area contributed by atoms with E-state index in [-0.39, 0.29) is 49.8 Å². The van der Waals surface area contributed by atoms with Gasteiger partial charge < -0.3 is 47.1 Å². The number of aromatic hydroxyl groups is 1. The van der Waals surface area contributed by atoms with Crippen molar-refractivity contribution in [3.8, 4) is 5.75 Å². The number of aromatic nitrogens is 2. The minimum Gasteiger partial charge on any atom is -0.508 e. The highest BCUT2D eigenvalue weighted by atomic mass is 16.6. The molecule has 0 aliphatic carbocycles. The second-order valence-electron chi connectivity index (χ2n) is 12.7. The van der Waals surface area contributed by atoms with E-state index in [1.807, 2.05) is 0 Å². The molecule has 1 heterocycles. The van der Waals surface area contributed by atoms with Crippen molar-refractivity contribution in [2.45, 2.75) is 103 Å². The Labute approximate surface area is 310 Å². The zero-order valence-corrected chi connectivity index (χ0v) is 29.3. The molecule has 0 saturated carbocycles. The van der Waals surface area contributed by atoms with Crippen LogP contribution in [0.2, 0.25) is 0 Å². The zero-order chi connectivity index (χ0) is 44.7. The number of alkyl carbamates (subject to hydrolysis) is 1. The highest BCUT2D eigenvalue weighted by Gasteiger charge is 2.31. The molecule has 0 saturated heterocycles. The molecule has 278 valence electrons. The number of nitrogens with two attached hydrogens (primary N) is 2. The van der Waals surface area contributed by atoms with Crippen molar-refractivity contribution < 1.29 is 39.7 Å². The molecule has 3 atom stereocenters. The molecule has 0 unspecified atom stereocenters. The van der Waals surface area contributed by atoms with Crippen LogP contribution in [-0.2, 0) is 27.2 Å². The number of carbonyl (C=O) groups is 3. The van der Waals surface area contributed by atoms with Gasteiger partial charge in [0.05, 0.1) is 0 Å². The number of phenols is 1. The van der Waals surface area contributed by atoms with E-state index >= 15 is 0 Å². The van der Waals surface area contributed by atoms with Crippen molar-refractivity contribution in [3.05, 3.63) is 76.4 Å². The van der Waals surface area contributed by atoms with Gasteiger partial charge in [-0.15, -0.1) is 0 Å². The Kier molecular flexibility index (Phi) is 11.2. The lowest BCUT2D eigenvalue weighted by atomic mass is 9.95. The van der Waals surface area contributed by atoms with Crippen LogP contribution in [0.15, 0.2) is 47.0 Å². The third kappa shape index (κ3) is 13.9. The van der Waals surface area contributed by atoms with Crippen molar-refractivity contribution in [3.63, 3.8) is 0 Å². The monoisotopic (exact) mass is 715 g/mol. The quantitative estimate of drug-likeness (QED) is 0.0540. The maximum atomic E-state index is 14.5. The number of nitrogens with one attached hydrogen (secondary N) is 5. The number of ether oxygens (including phenoxy) is 1. The topological polar surface area (TPSA) is 244 Å². The highest BCUT2D eigenvalue weighted by Crippen LogP contribution is 2.24. The van der Waals surface area contributed by atoms with Gasteiger partial charge in [-0.25, -0.2) is 4.79 Å². The molecule has 0 fully saturated rings. The van der Waals surface area contributed by atoms with E-state index in [9.17, 15) is 19.5 Å². The van der Waals surface area contributed by atoms with E-state index in [1.54, 1.807) is 65.0 Å². The van der Waals surface area contributed by atoms with Gasteiger partial charge in [0.1, 0.15) is 29.5 Å². The Morgan fingerprint density at radius 3 is 2.33 bits per heavy atom. The number of benzene rings is 2. The second-order valence-corrected chi connectivity index (χ2v) is 12.7. The van der Waals surface area contributed by atoms with Gasteiger partial charge in [0.2, 0.25) is 17.7 Å². The SMILES string of the molecule is [2H]C([2H])(N)C([2H])([2H])C([2H])([2H])C([2H])([2H])[C@H](NC(=O)[C@H](Cc1c(C)cc(O)cc1C)NC(=O)[C@@H](CCCNC(=N)N)NC(=O)OC(C)(C)C)c1nc(Cc2ccccc2)no1. The first-order valence-electron chi connectivity index (χ1n) is 20.2. The Morgan fingerprint density at radius 2 is 1.71 bits per heavy atom. The van der Waals surface area contributed by atoms with Gasteiger partial charge in [0, 0.05) is 30.4 Å². The molecule has 0 spiro atoms. The zero-order valence-electron chi connectivity index (χ0n) is 37.3. The molecule has 0 radical (unpaired) electrons. The highest BCUT2D eigenvalue weighted by molar-refractivity contribution is 5.91. The Bertz CT molecular complexity index is 1930. The van der Waals surface area contributed by atoms with E-state index in [4.69, 9.17) is 37.1 Å². The summed E-state index contributed by atoms with van der Waals surface area (Å²) in [5.41, 5.74) is 12.0. The minimum atomic E-state index is -3.82. The maximum absolute atomic E-state index is 14.5. The summed E-state index contributed by atoms with van der Waals surface area (Å²) in [6.07, 6.45) is -12.2. The third-order valence-electron chi connectivity index (χ3n) is 7.29. The maximum Gasteiger partial charge on any atom is 0.408 e. The lowest BCUT2D eigenvalue weighted by Crippen LogP contribution is -2.55. The molecule has 0 aliphatic heterocycles. The molecule has 2 aromatic carbocycles. The lowest BCUT2D eigenvalue weighted by molar-refractivity contribution is -0.130. The first kappa shape index (κ1) is 29.5. The predicted octanol–water partition coefficient (Wildman–Crippen LogP) is 3.15. The molecule has 3 aromatic rings. The molecule has 0 bridgehead atoms. The van der Waals surface area contributed by atoms with Gasteiger partial charge in [0.25, 0.3) is 0 Å². The van der Waals surface area contributed by atoms with Crippen LogP contribution in [0.25, 0.3) is 0 Å². The number of nitrogens with zero attached hydrogens (tertiary/aromatic N) is 2.